The lowest BCUT2D eigenvalue weighted by Gasteiger charge is -2.27. The molecule has 178 valence electrons. The van der Waals surface area contributed by atoms with E-state index in [2.05, 4.69) is 34.6 Å². The fourth-order valence-corrected chi connectivity index (χ4v) is 4.58. The van der Waals surface area contributed by atoms with Crippen LogP contribution in [0.3, 0.4) is 0 Å². The van der Waals surface area contributed by atoms with Gasteiger partial charge in [0, 0.05) is 32.6 Å². The second-order valence-corrected chi connectivity index (χ2v) is 8.72. The summed E-state index contributed by atoms with van der Waals surface area (Å²) in [6.07, 6.45) is 7.49. The third-order valence-electron chi connectivity index (χ3n) is 6.42. The van der Waals surface area contributed by atoms with Gasteiger partial charge in [-0.3, -0.25) is 14.7 Å². The van der Waals surface area contributed by atoms with E-state index in [-0.39, 0.29) is 6.04 Å². The third kappa shape index (κ3) is 7.40. The number of amides is 1. The molecular formula is C25H41N5O2. The molecular weight excluding hydrogens is 402 g/mol. The molecule has 0 aromatic heterocycles. The van der Waals surface area contributed by atoms with Gasteiger partial charge >= 0.3 is 0 Å². The normalized spacial score (nSPS) is 19.0. The van der Waals surface area contributed by atoms with E-state index in [0.717, 1.165) is 70.2 Å². The van der Waals surface area contributed by atoms with Gasteiger partial charge in [0.15, 0.2) is 5.96 Å². The van der Waals surface area contributed by atoms with E-state index in [9.17, 15) is 4.79 Å². The van der Waals surface area contributed by atoms with Crippen molar-refractivity contribution in [3.63, 3.8) is 0 Å². The highest BCUT2D eigenvalue weighted by atomic mass is 16.5. The highest BCUT2D eigenvalue weighted by molar-refractivity contribution is 5.79. The number of benzene rings is 1. The van der Waals surface area contributed by atoms with Crippen molar-refractivity contribution >= 4 is 11.9 Å². The number of rotatable bonds is 10. The van der Waals surface area contributed by atoms with Gasteiger partial charge in [-0.25, -0.2) is 0 Å². The molecule has 0 saturated carbocycles. The number of hydrogen-bond donors (Lipinski definition) is 2. The maximum atomic E-state index is 12.2. The zero-order chi connectivity index (χ0) is 22.6. The van der Waals surface area contributed by atoms with Crippen LogP contribution in [-0.4, -0.2) is 74.6 Å². The predicted molar refractivity (Wildman–Crippen MR) is 130 cm³/mol. The van der Waals surface area contributed by atoms with Gasteiger partial charge in [0.25, 0.3) is 0 Å². The Balaban J connectivity index is 1.56. The van der Waals surface area contributed by atoms with E-state index >= 15 is 0 Å². The Morgan fingerprint density at radius 1 is 1.06 bits per heavy atom. The number of ether oxygens (including phenoxy) is 1. The van der Waals surface area contributed by atoms with Crippen LogP contribution in [-0.2, 0) is 4.79 Å². The highest BCUT2D eigenvalue weighted by Crippen LogP contribution is 2.27. The maximum Gasteiger partial charge on any atom is 0.222 e. The number of hydrogen-bond acceptors (Lipinski definition) is 4. The van der Waals surface area contributed by atoms with Crippen LogP contribution in [0.15, 0.2) is 29.3 Å². The first kappa shape index (κ1) is 24.4. The molecule has 1 aromatic carbocycles. The van der Waals surface area contributed by atoms with Crippen molar-refractivity contribution < 1.29 is 9.53 Å². The molecule has 1 atom stereocenters. The average molecular weight is 444 g/mol. The summed E-state index contributed by atoms with van der Waals surface area (Å²) in [7, 11) is 1.70. The molecule has 7 nitrogen and oxygen atoms in total. The SMILES string of the molecule is CCNC(=NCC(c1ccc(OC)cc1)N1CCCC1)NCCCN1CCCCCC1=O. The highest BCUT2D eigenvalue weighted by Gasteiger charge is 2.23. The van der Waals surface area contributed by atoms with Gasteiger partial charge in [-0.1, -0.05) is 18.6 Å². The molecule has 2 fully saturated rings. The summed E-state index contributed by atoms with van der Waals surface area (Å²) in [5.41, 5.74) is 1.28. The zero-order valence-electron chi connectivity index (χ0n) is 19.9. The standard InChI is InChI=1S/C25H41N5O2/c1-3-26-25(27-15-9-19-30-18-6-4-5-10-24(30)31)28-20-23(29-16-7-8-17-29)21-11-13-22(32-2)14-12-21/h11-14,23H,3-10,15-20H2,1-2H3,(H2,26,27,28). The van der Waals surface area contributed by atoms with E-state index in [0.29, 0.717) is 18.9 Å². The Kier molecular flexibility index (Phi) is 10.1. The lowest BCUT2D eigenvalue weighted by atomic mass is 10.1. The predicted octanol–water partition coefficient (Wildman–Crippen LogP) is 3.18. The Hall–Kier alpha value is -2.28. The van der Waals surface area contributed by atoms with Crippen LogP contribution in [0.4, 0.5) is 0 Å². The summed E-state index contributed by atoms with van der Waals surface area (Å²) in [4.78, 5) is 21.7. The van der Waals surface area contributed by atoms with Crippen LogP contribution in [0.5, 0.6) is 5.75 Å². The van der Waals surface area contributed by atoms with Gasteiger partial charge in [-0.15, -0.1) is 0 Å². The van der Waals surface area contributed by atoms with Crippen molar-refractivity contribution in [1.82, 2.24) is 20.4 Å². The van der Waals surface area contributed by atoms with Crippen molar-refractivity contribution in [2.24, 2.45) is 4.99 Å². The lowest BCUT2D eigenvalue weighted by Crippen LogP contribution is -2.40. The van der Waals surface area contributed by atoms with Crippen molar-refractivity contribution in [3.05, 3.63) is 29.8 Å². The van der Waals surface area contributed by atoms with E-state index < -0.39 is 0 Å². The van der Waals surface area contributed by atoms with Crippen LogP contribution in [0.1, 0.15) is 63.5 Å². The van der Waals surface area contributed by atoms with Crippen molar-refractivity contribution in [2.45, 2.75) is 57.9 Å². The largest absolute Gasteiger partial charge is 0.497 e. The molecule has 1 aromatic rings. The molecule has 2 N–H and O–H groups in total. The monoisotopic (exact) mass is 443 g/mol. The Morgan fingerprint density at radius 3 is 2.53 bits per heavy atom. The molecule has 1 unspecified atom stereocenters. The van der Waals surface area contributed by atoms with Crippen molar-refractivity contribution in [2.75, 3.05) is 52.9 Å². The number of carbonyl (C=O) groups is 1. The van der Waals surface area contributed by atoms with E-state index in [1.807, 2.05) is 17.0 Å². The minimum atomic E-state index is 0.272. The first-order valence-corrected chi connectivity index (χ1v) is 12.4. The van der Waals surface area contributed by atoms with Crippen molar-refractivity contribution in [3.8, 4) is 5.75 Å². The molecule has 0 aliphatic carbocycles. The van der Waals surface area contributed by atoms with Gasteiger partial charge in [-0.05, 0) is 69.8 Å². The first-order chi connectivity index (χ1) is 15.7. The molecule has 32 heavy (non-hydrogen) atoms. The van der Waals surface area contributed by atoms with Gasteiger partial charge in [-0.2, -0.15) is 0 Å². The van der Waals surface area contributed by atoms with Crippen LogP contribution in [0.2, 0.25) is 0 Å². The summed E-state index contributed by atoms with van der Waals surface area (Å²) in [6, 6.07) is 8.67. The van der Waals surface area contributed by atoms with E-state index in [4.69, 9.17) is 9.73 Å². The number of nitrogens with zero attached hydrogens (tertiary/aromatic N) is 3. The number of carbonyl (C=O) groups excluding carboxylic acids is 1. The molecule has 2 aliphatic rings. The average Bonchev–Trinajstić information content (AvgIpc) is 3.27. The molecule has 0 radical (unpaired) electrons. The number of methoxy groups -OCH3 is 1. The summed E-state index contributed by atoms with van der Waals surface area (Å²) in [5.74, 6) is 2.05. The summed E-state index contributed by atoms with van der Waals surface area (Å²) < 4.78 is 5.33. The van der Waals surface area contributed by atoms with Crippen molar-refractivity contribution in [1.29, 1.82) is 0 Å². The molecule has 3 rings (SSSR count). The molecule has 2 saturated heterocycles. The Morgan fingerprint density at radius 2 is 1.81 bits per heavy atom. The Labute approximate surface area is 193 Å². The quantitative estimate of drug-likeness (QED) is 0.330. The fourth-order valence-electron chi connectivity index (χ4n) is 4.58. The third-order valence-corrected chi connectivity index (χ3v) is 6.42. The van der Waals surface area contributed by atoms with Gasteiger partial charge in [0.1, 0.15) is 5.75 Å². The molecule has 2 heterocycles. The molecule has 7 heteroatoms. The molecule has 0 bridgehead atoms. The number of likely N-dealkylation sites (tertiary alicyclic amines) is 2. The minimum absolute atomic E-state index is 0.272. The second kappa shape index (κ2) is 13.3. The first-order valence-electron chi connectivity index (χ1n) is 12.4. The van der Waals surface area contributed by atoms with Gasteiger partial charge in [0.2, 0.25) is 5.91 Å². The second-order valence-electron chi connectivity index (χ2n) is 8.72. The number of nitrogens with one attached hydrogen (secondary N) is 2. The van der Waals surface area contributed by atoms with E-state index in [1.165, 1.54) is 24.8 Å². The van der Waals surface area contributed by atoms with Crippen LogP contribution in [0, 0.1) is 0 Å². The molecule has 0 spiro atoms. The zero-order valence-corrected chi connectivity index (χ0v) is 19.9. The topological polar surface area (TPSA) is 69.2 Å². The summed E-state index contributed by atoms with van der Waals surface area (Å²) >= 11 is 0. The number of aliphatic imine (C=N–C) groups is 1. The van der Waals surface area contributed by atoms with E-state index in [1.54, 1.807) is 7.11 Å². The maximum absolute atomic E-state index is 12.2. The van der Waals surface area contributed by atoms with Crippen LogP contribution < -0.4 is 15.4 Å². The van der Waals surface area contributed by atoms with Gasteiger partial charge in [0.05, 0.1) is 19.7 Å². The molecule has 2 aliphatic heterocycles. The Bertz CT molecular complexity index is 716. The van der Waals surface area contributed by atoms with Crippen LogP contribution >= 0.6 is 0 Å². The minimum Gasteiger partial charge on any atom is -0.497 e. The van der Waals surface area contributed by atoms with Gasteiger partial charge < -0.3 is 20.3 Å². The fraction of sp³-hybridized carbons (Fsp3) is 0.680. The smallest absolute Gasteiger partial charge is 0.222 e. The number of guanidine groups is 1. The summed E-state index contributed by atoms with van der Waals surface area (Å²) in [6.45, 7) is 8.43. The summed E-state index contributed by atoms with van der Waals surface area (Å²) in [5, 5.41) is 6.84. The van der Waals surface area contributed by atoms with Crippen LogP contribution in [0.25, 0.3) is 0 Å². The lowest BCUT2D eigenvalue weighted by molar-refractivity contribution is -0.130. The molecule has 1 amide bonds.